The minimum Gasteiger partial charge on any atom is -0.371 e. The standard InChI is InChI=1S/C24H27ClN4O2/c25-17-3-5-18(6-4-17)26-23(31)27-21-2-1-14-29(22(21)30)20-9-7-19(8-10-20)28-15-13-24(16-28)11-12-24/h3-10,21H,1-2,11-16H2,(H2,26,27,31). The first-order valence-corrected chi connectivity index (χ1v) is 11.4. The Labute approximate surface area is 187 Å². The summed E-state index contributed by atoms with van der Waals surface area (Å²) < 4.78 is 0. The molecule has 0 bridgehead atoms. The fourth-order valence-corrected chi connectivity index (χ4v) is 4.83. The Bertz CT molecular complexity index is 972. The summed E-state index contributed by atoms with van der Waals surface area (Å²) in [5.74, 6) is -0.0663. The molecule has 7 heteroatoms. The third kappa shape index (κ3) is 4.35. The van der Waals surface area contributed by atoms with Crippen molar-refractivity contribution in [2.75, 3.05) is 34.8 Å². The zero-order chi connectivity index (χ0) is 21.4. The molecule has 0 aromatic heterocycles. The molecule has 1 unspecified atom stereocenters. The topological polar surface area (TPSA) is 64.7 Å². The van der Waals surface area contributed by atoms with Crippen molar-refractivity contribution < 1.29 is 9.59 Å². The first-order valence-electron chi connectivity index (χ1n) is 11.0. The van der Waals surface area contributed by atoms with Gasteiger partial charge in [-0.15, -0.1) is 0 Å². The van der Waals surface area contributed by atoms with E-state index >= 15 is 0 Å². The number of benzene rings is 2. The lowest BCUT2D eigenvalue weighted by atomic mass is 10.0. The second kappa shape index (κ2) is 8.08. The number of urea groups is 1. The lowest BCUT2D eigenvalue weighted by Crippen LogP contribution is -2.53. The van der Waals surface area contributed by atoms with E-state index in [1.165, 1.54) is 24.9 Å². The van der Waals surface area contributed by atoms with Crippen LogP contribution in [0.1, 0.15) is 32.1 Å². The predicted molar refractivity (Wildman–Crippen MR) is 124 cm³/mol. The maximum Gasteiger partial charge on any atom is 0.319 e. The molecule has 2 N–H and O–H groups in total. The Kier molecular flexibility index (Phi) is 5.26. The Balaban J connectivity index is 1.20. The van der Waals surface area contributed by atoms with Crippen LogP contribution in [-0.4, -0.2) is 37.6 Å². The number of rotatable bonds is 4. The van der Waals surface area contributed by atoms with Crippen LogP contribution in [0.2, 0.25) is 5.02 Å². The highest BCUT2D eigenvalue weighted by atomic mass is 35.5. The molecule has 31 heavy (non-hydrogen) atoms. The Morgan fingerprint density at radius 1 is 0.968 bits per heavy atom. The molecule has 0 radical (unpaired) electrons. The van der Waals surface area contributed by atoms with E-state index in [4.69, 9.17) is 11.6 Å². The number of amides is 3. The third-order valence-corrected chi connectivity index (χ3v) is 7.02. The Morgan fingerprint density at radius 3 is 2.35 bits per heavy atom. The largest absolute Gasteiger partial charge is 0.371 e. The molecule has 2 aliphatic heterocycles. The van der Waals surface area contributed by atoms with Crippen LogP contribution >= 0.6 is 11.6 Å². The van der Waals surface area contributed by atoms with Gasteiger partial charge in [-0.05, 0) is 86.1 Å². The van der Waals surface area contributed by atoms with E-state index in [0.29, 0.717) is 29.1 Å². The first kappa shape index (κ1) is 20.2. The van der Waals surface area contributed by atoms with Crippen LogP contribution in [0, 0.1) is 5.41 Å². The zero-order valence-electron chi connectivity index (χ0n) is 17.4. The van der Waals surface area contributed by atoms with Gasteiger partial charge in [0.2, 0.25) is 5.91 Å². The van der Waals surface area contributed by atoms with Crippen molar-refractivity contribution in [2.45, 2.75) is 38.1 Å². The van der Waals surface area contributed by atoms with Crippen LogP contribution in [0.15, 0.2) is 48.5 Å². The summed E-state index contributed by atoms with van der Waals surface area (Å²) in [7, 11) is 0. The molecule has 1 spiro atoms. The molecular weight excluding hydrogens is 412 g/mol. The highest BCUT2D eigenvalue weighted by Crippen LogP contribution is 2.53. The highest BCUT2D eigenvalue weighted by Gasteiger charge is 2.47. The maximum absolute atomic E-state index is 13.0. The summed E-state index contributed by atoms with van der Waals surface area (Å²) in [6.45, 7) is 2.95. The van der Waals surface area contributed by atoms with E-state index in [-0.39, 0.29) is 11.9 Å². The fourth-order valence-electron chi connectivity index (χ4n) is 4.71. The van der Waals surface area contributed by atoms with Crippen LogP contribution in [0.25, 0.3) is 0 Å². The second-order valence-corrected chi connectivity index (χ2v) is 9.41. The number of nitrogens with zero attached hydrogens (tertiary/aromatic N) is 2. The Morgan fingerprint density at radius 2 is 1.68 bits per heavy atom. The van der Waals surface area contributed by atoms with Crippen LogP contribution < -0.4 is 20.4 Å². The molecule has 1 aliphatic carbocycles. The van der Waals surface area contributed by atoms with Crippen LogP contribution in [0.5, 0.6) is 0 Å². The average molecular weight is 439 g/mol. The number of carbonyl (C=O) groups is 2. The van der Waals surface area contributed by atoms with Crippen molar-refractivity contribution in [2.24, 2.45) is 5.41 Å². The molecule has 3 fully saturated rings. The monoisotopic (exact) mass is 438 g/mol. The van der Waals surface area contributed by atoms with Gasteiger partial charge in [0.15, 0.2) is 0 Å². The van der Waals surface area contributed by atoms with Crippen molar-refractivity contribution in [1.29, 1.82) is 0 Å². The third-order valence-electron chi connectivity index (χ3n) is 6.77. The number of carbonyl (C=O) groups excluding carboxylic acids is 2. The summed E-state index contributed by atoms with van der Waals surface area (Å²) in [5.41, 5.74) is 3.34. The average Bonchev–Trinajstić information content (AvgIpc) is 3.40. The van der Waals surface area contributed by atoms with Gasteiger partial charge in [-0.2, -0.15) is 0 Å². The zero-order valence-corrected chi connectivity index (χ0v) is 18.2. The summed E-state index contributed by atoms with van der Waals surface area (Å²) >= 11 is 5.88. The maximum atomic E-state index is 13.0. The minimum absolute atomic E-state index is 0.0663. The molecule has 2 saturated heterocycles. The van der Waals surface area contributed by atoms with Crippen molar-refractivity contribution >= 4 is 40.6 Å². The quantitative estimate of drug-likeness (QED) is 0.730. The van der Waals surface area contributed by atoms with Crippen LogP contribution in [-0.2, 0) is 4.79 Å². The van der Waals surface area contributed by atoms with E-state index < -0.39 is 6.04 Å². The molecule has 162 valence electrons. The number of piperidine rings is 1. The first-order chi connectivity index (χ1) is 15.0. The van der Waals surface area contributed by atoms with Gasteiger partial charge in [0, 0.05) is 41.7 Å². The minimum atomic E-state index is -0.533. The smallest absolute Gasteiger partial charge is 0.319 e. The van der Waals surface area contributed by atoms with Crippen LogP contribution in [0.3, 0.4) is 0 Å². The van der Waals surface area contributed by atoms with Gasteiger partial charge in [0.25, 0.3) is 0 Å². The van der Waals surface area contributed by atoms with Crippen molar-refractivity contribution in [3.63, 3.8) is 0 Å². The lowest BCUT2D eigenvalue weighted by Gasteiger charge is -2.33. The second-order valence-electron chi connectivity index (χ2n) is 8.98. The number of anilines is 3. The van der Waals surface area contributed by atoms with E-state index in [1.807, 2.05) is 12.1 Å². The van der Waals surface area contributed by atoms with Gasteiger partial charge in [0.1, 0.15) is 6.04 Å². The van der Waals surface area contributed by atoms with E-state index in [2.05, 4.69) is 27.7 Å². The SMILES string of the molecule is O=C(Nc1ccc(Cl)cc1)NC1CCCN(c2ccc(N3CCC4(CC4)C3)cc2)C1=O. The van der Waals surface area contributed by atoms with Crippen LogP contribution in [0.4, 0.5) is 21.9 Å². The summed E-state index contributed by atoms with van der Waals surface area (Å²) in [4.78, 5) is 29.7. The molecule has 3 aliphatic rings. The van der Waals surface area contributed by atoms with E-state index in [1.54, 1.807) is 29.2 Å². The van der Waals surface area contributed by atoms with Gasteiger partial charge < -0.3 is 20.4 Å². The van der Waals surface area contributed by atoms with Crippen molar-refractivity contribution in [1.82, 2.24) is 5.32 Å². The molecule has 6 nitrogen and oxygen atoms in total. The van der Waals surface area contributed by atoms with E-state index in [9.17, 15) is 9.59 Å². The summed E-state index contributed by atoms with van der Waals surface area (Å²) in [6, 6.07) is 14.2. The molecule has 2 aromatic carbocycles. The molecule has 2 heterocycles. The number of hydrogen-bond acceptors (Lipinski definition) is 3. The van der Waals surface area contributed by atoms with Crippen molar-refractivity contribution in [3.05, 3.63) is 53.6 Å². The summed E-state index contributed by atoms with van der Waals surface area (Å²) in [6.07, 6.45) is 5.50. The summed E-state index contributed by atoms with van der Waals surface area (Å²) in [5, 5.41) is 6.18. The highest BCUT2D eigenvalue weighted by molar-refractivity contribution is 6.30. The van der Waals surface area contributed by atoms with Gasteiger partial charge in [0.05, 0.1) is 0 Å². The van der Waals surface area contributed by atoms with Gasteiger partial charge in [-0.25, -0.2) is 4.79 Å². The molecule has 1 saturated carbocycles. The lowest BCUT2D eigenvalue weighted by molar-refractivity contribution is -0.121. The number of hydrogen-bond donors (Lipinski definition) is 2. The molecule has 5 rings (SSSR count). The Hall–Kier alpha value is -2.73. The molecule has 3 amide bonds. The van der Waals surface area contributed by atoms with E-state index in [0.717, 1.165) is 25.2 Å². The molecule has 1 atom stereocenters. The van der Waals surface area contributed by atoms with Crippen molar-refractivity contribution in [3.8, 4) is 0 Å². The fraction of sp³-hybridized carbons (Fsp3) is 0.417. The van der Waals surface area contributed by atoms with Gasteiger partial charge in [-0.3, -0.25) is 4.79 Å². The normalized spacial score (nSPS) is 22.0. The van der Waals surface area contributed by atoms with Gasteiger partial charge in [-0.1, -0.05) is 11.6 Å². The molecular formula is C24H27ClN4O2. The van der Waals surface area contributed by atoms with Gasteiger partial charge >= 0.3 is 6.03 Å². The number of halogens is 1. The number of nitrogens with one attached hydrogen (secondary N) is 2. The predicted octanol–water partition coefficient (Wildman–Crippen LogP) is 4.65. The molecule has 2 aromatic rings.